The summed E-state index contributed by atoms with van der Waals surface area (Å²) in [7, 11) is 2.17. The highest BCUT2D eigenvalue weighted by molar-refractivity contribution is 7.07. The molecular weight excluding hydrogens is 204 g/mol. The Balaban J connectivity index is 2.78. The number of rotatable bonds is 6. The molecule has 0 aromatic carbocycles. The third kappa shape index (κ3) is 3.30. The lowest BCUT2D eigenvalue weighted by Crippen LogP contribution is -2.38. The van der Waals surface area contributed by atoms with Crippen LogP contribution < -0.4 is 5.73 Å². The first-order valence-corrected chi connectivity index (χ1v) is 6.62. The van der Waals surface area contributed by atoms with E-state index in [-0.39, 0.29) is 6.04 Å². The van der Waals surface area contributed by atoms with Crippen molar-refractivity contribution in [2.24, 2.45) is 5.73 Å². The van der Waals surface area contributed by atoms with Crippen LogP contribution >= 0.6 is 11.3 Å². The third-order valence-electron chi connectivity index (χ3n) is 2.81. The van der Waals surface area contributed by atoms with E-state index in [0.29, 0.717) is 6.04 Å². The van der Waals surface area contributed by atoms with E-state index in [1.165, 1.54) is 12.0 Å². The molecule has 2 nitrogen and oxygen atoms in total. The maximum atomic E-state index is 6.20. The number of hydrogen-bond acceptors (Lipinski definition) is 3. The van der Waals surface area contributed by atoms with Crippen LogP contribution in [0.25, 0.3) is 0 Å². The van der Waals surface area contributed by atoms with Crippen molar-refractivity contribution < 1.29 is 0 Å². The molecule has 1 heterocycles. The van der Waals surface area contributed by atoms with Gasteiger partial charge in [0.1, 0.15) is 0 Å². The number of nitrogens with zero attached hydrogens (tertiary/aromatic N) is 1. The van der Waals surface area contributed by atoms with Crippen LogP contribution in [0.3, 0.4) is 0 Å². The second-order valence-electron chi connectivity index (χ2n) is 4.05. The molecule has 2 unspecified atom stereocenters. The standard InChI is InChI=1S/C12H22N2S/c1-4-7-14(3)12(11(13)5-2)10-6-8-15-9-10/h6,8-9,11-12H,4-5,7,13H2,1-3H3. The monoisotopic (exact) mass is 226 g/mol. The lowest BCUT2D eigenvalue weighted by molar-refractivity contribution is 0.210. The molecule has 0 bridgehead atoms. The zero-order chi connectivity index (χ0) is 11.3. The molecule has 0 spiro atoms. The molecule has 2 N–H and O–H groups in total. The molecule has 0 fully saturated rings. The Morgan fingerprint density at radius 2 is 2.20 bits per heavy atom. The second kappa shape index (κ2) is 6.26. The molecule has 3 heteroatoms. The van der Waals surface area contributed by atoms with Gasteiger partial charge in [-0.2, -0.15) is 11.3 Å². The van der Waals surface area contributed by atoms with Crippen molar-refractivity contribution >= 4 is 11.3 Å². The Hall–Kier alpha value is -0.380. The van der Waals surface area contributed by atoms with E-state index in [2.05, 4.69) is 42.6 Å². The Morgan fingerprint density at radius 3 is 2.67 bits per heavy atom. The lowest BCUT2D eigenvalue weighted by atomic mass is 9.99. The largest absolute Gasteiger partial charge is 0.326 e. The molecule has 0 aliphatic carbocycles. The zero-order valence-corrected chi connectivity index (χ0v) is 10.8. The van der Waals surface area contributed by atoms with Gasteiger partial charge in [0.15, 0.2) is 0 Å². The average molecular weight is 226 g/mol. The number of nitrogens with two attached hydrogens (primary N) is 1. The Bertz CT molecular complexity index is 259. The number of hydrogen-bond donors (Lipinski definition) is 1. The van der Waals surface area contributed by atoms with Crippen LogP contribution in [0.1, 0.15) is 38.3 Å². The number of thiophene rings is 1. The van der Waals surface area contributed by atoms with Gasteiger partial charge in [-0.05, 0) is 48.8 Å². The lowest BCUT2D eigenvalue weighted by Gasteiger charge is -2.31. The van der Waals surface area contributed by atoms with Gasteiger partial charge >= 0.3 is 0 Å². The van der Waals surface area contributed by atoms with Crippen molar-refractivity contribution in [3.05, 3.63) is 22.4 Å². The van der Waals surface area contributed by atoms with Crippen molar-refractivity contribution in [3.8, 4) is 0 Å². The molecule has 0 saturated carbocycles. The summed E-state index contributed by atoms with van der Waals surface area (Å²) in [5.74, 6) is 0. The zero-order valence-electron chi connectivity index (χ0n) is 9.94. The van der Waals surface area contributed by atoms with Crippen molar-refractivity contribution in [1.82, 2.24) is 4.90 Å². The summed E-state index contributed by atoms with van der Waals surface area (Å²) in [5.41, 5.74) is 7.57. The van der Waals surface area contributed by atoms with E-state index < -0.39 is 0 Å². The fraction of sp³-hybridized carbons (Fsp3) is 0.667. The average Bonchev–Trinajstić information content (AvgIpc) is 2.71. The molecule has 0 aliphatic rings. The topological polar surface area (TPSA) is 29.3 Å². The first kappa shape index (κ1) is 12.7. The van der Waals surface area contributed by atoms with Crippen LogP contribution in [-0.4, -0.2) is 24.5 Å². The fourth-order valence-corrected chi connectivity index (χ4v) is 2.68. The van der Waals surface area contributed by atoms with Crippen molar-refractivity contribution in [1.29, 1.82) is 0 Å². The van der Waals surface area contributed by atoms with Crippen LogP contribution in [0.4, 0.5) is 0 Å². The summed E-state index contributed by atoms with van der Waals surface area (Å²) < 4.78 is 0. The Labute approximate surface area is 97.1 Å². The van der Waals surface area contributed by atoms with Crippen molar-refractivity contribution in [2.75, 3.05) is 13.6 Å². The minimum atomic E-state index is 0.233. The normalized spacial score (nSPS) is 15.5. The maximum Gasteiger partial charge on any atom is 0.0504 e. The predicted octanol–water partition coefficient (Wildman–Crippen LogP) is 2.87. The molecule has 15 heavy (non-hydrogen) atoms. The number of likely N-dealkylation sites (N-methyl/N-ethyl adjacent to an activating group) is 1. The van der Waals surface area contributed by atoms with E-state index in [4.69, 9.17) is 5.73 Å². The summed E-state index contributed by atoms with van der Waals surface area (Å²) >= 11 is 1.75. The molecule has 0 amide bonds. The van der Waals surface area contributed by atoms with Gasteiger partial charge in [-0.25, -0.2) is 0 Å². The molecule has 1 rings (SSSR count). The van der Waals surface area contributed by atoms with Crippen molar-refractivity contribution in [2.45, 2.75) is 38.8 Å². The summed E-state index contributed by atoms with van der Waals surface area (Å²) in [4.78, 5) is 2.37. The van der Waals surface area contributed by atoms with Gasteiger partial charge in [-0.15, -0.1) is 0 Å². The molecule has 1 aromatic rings. The van der Waals surface area contributed by atoms with Gasteiger partial charge in [0.05, 0.1) is 6.04 Å². The minimum absolute atomic E-state index is 0.233. The van der Waals surface area contributed by atoms with E-state index in [9.17, 15) is 0 Å². The smallest absolute Gasteiger partial charge is 0.0504 e. The highest BCUT2D eigenvalue weighted by atomic mass is 32.1. The highest BCUT2D eigenvalue weighted by Crippen LogP contribution is 2.25. The third-order valence-corrected chi connectivity index (χ3v) is 3.51. The molecular formula is C12H22N2S. The van der Waals surface area contributed by atoms with Crippen LogP contribution in [0.15, 0.2) is 16.8 Å². The summed E-state index contributed by atoms with van der Waals surface area (Å²) in [6.45, 7) is 5.47. The molecule has 0 aliphatic heterocycles. The quantitative estimate of drug-likeness (QED) is 0.808. The van der Waals surface area contributed by atoms with Crippen LogP contribution in [0, 0.1) is 0 Å². The van der Waals surface area contributed by atoms with Gasteiger partial charge in [-0.1, -0.05) is 13.8 Å². The predicted molar refractivity (Wildman–Crippen MR) is 68.2 cm³/mol. The van der Waals surface area contributed by atoms with E-state index in [1.807, 2.05) is 0 Å². The van der Waals surface area contributed by atoms with E-state index in [0.717, 1.165) is 13.0 Å². The molecule has 0 saturated heterocycles. The van der Waals surface area contributed by atoms with Gasteiger partial charge in [0.2, 0.25) is 0 Å². The first-order valence-electron chi connectivity index (χ1n) is 5.68. The fourth-order valence-electron chi connectivity index (χ4n) is 1.99. The SMILES string of the molecule is CCCN(C)C(c1ccsc1)C(N)CC. The molecule has 2 atom stereocenters. The van der Waals surface area contributed by atoms with Crippen molar-refractivity contribution in [3.63, 3.8) is 0 Å². The van der Waals surface area contributed by atoms with Crippen LogP contribution in [-0.2, 0) is 0 Å². The molecule has 0 radical (unpaired) electrons. The van der Waals surface area contributed by atoms with Crippen LogP contribution in [0.5, 0.6) is 0 Å². The van der Waals surface area contributed by atoms with Gasteiger partial charge in [0.25, 0.3) is 0 Å². The van der Waals surface area contributed by atoms with Gasteiger partial charge < -0.3 is 5.73 Å². The highest BCUT2D eigenvalue weighted by Gasteiger charge is 2.22. The van der Waals surface area contributed by atoms with E-state index in [1.54, 1.807) is 11.3 Å². The summed E-state index contributed by atoms with van der Waals surface area (Å²) in [6.07, 6.45) is 2.20. The van der Waals surface area contributed by atoms with Crippen LogP contribution in [0.2, 0.25) is 0 Å². The molecule has 86 valence electrons. The Morgan fingerprint density at radius 1 is 1.47 bits per heavy atom. The second-order valence-corrected chi connectivity index (χ2v) is 4.83. The molecule has 1 aromatic heterocycles. The summed E-state index contributed by atoms with van der Waals surface area (Å²) in [5, 5.41) is 4.34. The summed E-state index contributed by atoms with van der Waals surface area (Å²) in [6, 6.07) is 2.80. The Kier molecular flexibility index (Phi) is 5.29. The van der Waals surface area contributed by atoms with Gasteiger partial charge in [0, 0.05) is 6.04 Å². The minimum Gasteiger partial charge on any atom is -0.326 e. The maximum absolute atomic E-state index is 6.20. The first-order chi connectivity index (χ1) is 7.20. The van der Waals surface area contributed by atoms with E-state index >= 15 is 0 Å². The van der Waals surface area contributed by atoms with Gasteiger partial charge in [-0.3, -0.25) is 4.90 Å².